The van der Waals surface area contributed by atoms with Crippen LogP contribution in [0.2, 0.25) is 0 Å². The van der Waals surface area contributed by atoms with Crippen LogP contribution < -0.4 is 0 Å². The highest BCUT2D eigenvalue weighted by Crippen LogP contribution is 2.30. The Kier molecular flexibility index (Phi) is 3.41. The molecule has 0 atom stereocenters. The van der Waals surface area contributed by atoms with Crippen molar-refractivity contribution >= 4 is 11.8 Å². The van der Waals surface area contributed by atoms with Crippen molar-refractivity contribution in [2.75, 3.05) is 0 Å². The van der Waals surface area contributed by atoms with Crippen LogP contribution >= 0.6 is 11.8 Å². The lowest BCUT2D eigenvalue weighted by molar-refractivity contribution is -0.147. The van der Waals surface area contributed by atoms with Crippen molar-refractivity contribution in [3.63, 3.8) is 0 Å². The van der Waals surface area contributed by atoms with E-state index in [-0.39, 0.29) is 11.7 Å². The Morgan fingerprint density at radius 1 is 1.43 bits per heavy atom. The van der Waals surface area contributed by atoms with Gasteiger partial charge in [0.1, 0.15) is 0 Å². The van der Waals surface area contributed by atoms with E-state index in [4.69, 9.17) is 0 Å². The zero-order valence-corrected chi connectivity index (χ0v) is 8.32. The van der Waals surface area contributed by atoms with Crippen molar-refractivity contribution in [2.45, 2.75) is 31.2 Å². The van der Waals surface area contributed by atoms with E-state index < -0.39 is 12.0 Å². The van der Waals surface area contributed by atoms with E-state index in [0.717, 1.165) is 16.3 Å². The van der Waals surface area contributed by atoms with Gasteiger partial charge in [0, 0.05) is 12.8 Å². The summed E-state index contributed by atoms with van der Waals surface area (Å²) in [5, 5.41) is 6.71. The highest BCUT2D eigenvalue weighted by Gasteiger charge is 2.38. The molecule has 0 spiro atoms. The van der Waals surface area contributed by atoms with Crippen LogP contribution in [0, 0.1) is 6.26 Å². The van der Waals surface area contributed by atoms with E-state index in [1.165, 1.54) is 0 Å². The van der Waals surface area contributed by atoms with E-state index >= 15 is 0 Å². The maximum atomic E-state index is 12.4. The van der Waals surface area contributed by atoms with E-state index in [9.17, 15) is 13.2 Å². The van der Waals surface area contributed by atoms with Crippen LogP contribution in [-0.2, 0) is 12.7 Å². The Labute approximate surface area is 83.7 Å². The molecule has 7 heteroatoms. The third kappa shape index (κ3) is 2.20. The van der Waals surface area contributed by atoms with Crippen LogP contribution in [0.3, 0.4) is 0 Å². The van der Waals surface area contributed by atoms with Gasteiger partial charge in [-0.3, -0.25) is 4.57 Å². The number of hydrogen-bond acceptors (Lipinski definition) is 3. The number of aromatic nitrogens is 3. The monoisotopic (exact) mass is 224 g/mol. The van der Waals surface area contributed by atoms with Gasteiger partial charge in [0.2, 0.25) is 5.82 Å². The molecule has 1 aromatic rings. The van der Waals surface area contributed by atoms with E-state index in [1.54, 1.807) is 6.92 Å². The molecular formula is C7H9F3N3S. The molecule has 0 amide bonds. The summed E-state index contributed by atoms with van der Waals surface area (Å²) in [7, 11) is 0. The maximum absolute atomic E-state index is 12.4. The van der Waals surface area contributed by atoms with Gasteiger partial charge < -0.3 is 0 Å². The van der Waals surface area contributed by atoms with Crippen molar-refractivity contribution in [1.29, 1.82) is 0 Å². The highest BCUT2D eigenvalue weighted by atomic mass is 32.2. The molecule has 0 bridgehead atoms. The Morgan fingerprint density at radius 3 is 2.50 bits per heavy atom. The van der Waals surface area contributed by atoms with Gasteiger partial charge in [0.25, 0.3) is 0 Å². The van der Waals surface area contributed by atoms with Gasteiger partial charge in [0.15, 0.2) is 5.16 Å². The lowest BCUT2D eigenvalue weighted by atomic mass is 10.4. The molecule has 1 aromatic heterocycles. The molecule has 14 heavy (non-hydrogen) atoms. The molecule has 0 N–H and O–H groups in total. The summed E-state index contributed by atoms with van der Waals surface area (Å²) < 4.78 is 38.1. The zero-order chi connectivity index (χ0) is 10.8. The summed E-state index contributed by atoms with van der Waals surface area (Å²) in [6, 6.07) is 0. The molecule has 1 rings (SSSR count). The third-order valence-electron chi connectivity index (χ3n) is 1.55. The first kappa shape index (κ1) is 11.4. The van der Waals surface area contributed by atoms with Gasteiger partial charge in [-0.1, -0.05) is 18.7 Å². The van der Waals surface area contributed by atoms with Gasteiger partial charge in [-0.25, -0.2) is 0 Å². The largest absolute Gasteiger partial charge is 0.451 e. The molecule has 0 aliphatic carbocycles. The summed E-state index contributed by atoms with van der Waals surface area (Å²) in [6.07, 6.45) is -0.436. The Morgan fingerprint density at radius 2 is 2.07 bits per heavy atom. The second-order valence-corrected chi connectivity index (χ2v) is 3.25. The van der Waals surface area contributed by atoms with E-state index in [0.29, 0.717) is 6.42 Å². The summed E-state index contributed by atoms with van der Waals surface area (Å²) in [6.45, 7) is 2.04. The lowest BCUT2D eigenvalue weighted by Gasteiger charge is -2.09. The molecule has 0 saturated heterocycles. The normalized spacial score (nSPS) is 12.1. The molecule has 0 unspecified atom stereocenters. The van der Waals surface area contributed by atoms with Crippen molar-refractivity contribution in [3.05, 3.63) is 12.1 Å². The number of rotatable bonds is 3. The van der Waals surface area contributed by atoms with Gasteiger partial charge >= 0.3 is 6.18 Å². The van der Waals surface area contributed by atoms with Crippen molar-refractivity contribution in [1.82, 2.24) is 14.8 Å². The summed E-state index contributed by atoms with van der Waals surface area (Å²) >= 11 is 0.912. The number of hydrogen-bond donors (Lipinski definition) is 0. The first-order valence-corrected chi connectivity index (χ1v) is 4.91. The number of thioether (sulfide) groups is 1. The minimum atomic E-state index is -4.45. The fourth-order valence-corrected chi connectivity index (χ4v) is 1.46. The summed E-state index contributed by atoms with van der Waals surface area (Å²) in [4.78, 5) is 0. The fraction of sp³-hybridized carbons (Fsp3) is 0.571. The molecule has 0 aromatic carbocycles. The molecule has 0 aliphatic heterocycles. The topological polar surface area (TPSA) is 30.7 Å². The van der Waals surface area contributed by atoms with Crippen LogP contribution in [0.4, 0.5) is 13.2 Å². The minimum Gasteiger partial charge on any atom is -0.298 e. The maximum Gasteiger partial charge on any atom is 0.451 e. The molecule has 0 aliphatic rings. The van der Waals surface area contributed by atoms with E-state index in [1.807, 2.05) is 0 Å². The summed E-state index contributed by atoms with van der Waals surface area (Å²) in [5.74, 6) is -0.953. The van der Waals surface area contributed by atoms with Gasteiger partial charge in [-0.15, -0.1) is 10.2 Å². The van der Waals surface area contributed by atoms with Crippen molar-refractivity contribution in [2.24, 2.45) is 0 Å². The van der Waals surface area contributed by atoms with Crippen LogP contribution in [0.25, 0.3) is 0 Å². The fourth-order valence-electron chi connectivity index (χ4n) is 1.03. The Hall–Kier alpha value is -0.720. The van der Waals surface area contributed by atoms with Gasteiger partial charge in [-0.2, -0.15) is 13.2 Å². The van der Waals surface area contributed by atoms with Crippen LogP contribution in [-0.4, -0.2) is 14.8 Å². The van der Waals surface area contributed by atoms with Crippen LogP contribution in [0.1, 0.15) is 19.2 Å². The molecule has 1 heterocycles. The second kappa shape index (κ2) is 4.20. The first-order valence-electron chi connectivity index (χ1n) is 3.93. The first-order chi connectivity index (χ1) is 6.50. The third-order valence-corrected chi connectivity index (χ3v) is 2.11. The predicted molar refractivity (Wildman–Crippen MR) is 46.5 cm³/mol. The predicted octanol–water partition coefficient (Wildman–Crippen LogP) is 2.59. The van der Waals surface area contributed by atoms with E-state index in [2.05, 4.69) is 16.5 Å². The molecular weight excluding hydrogens is 215 g/mol. The second-order valence-electron chi connectivity index (χ2n) is 2.60. The quantitative estimate of drug-likeness (QED) is 0.739. The average molecular weight is 224 g/mol. The van der Waals surface area contributed by atoms with Crippen LogP contribution in [0.5, 0.6) is 0 Å². The number of halogens is 3. The molecule has 0 fully saturated rings. The van der Waals surface area contributed by atoms with Crippen molar-refractivity contribution < 1.29 is 13.2 Å². The Bertz CT molecular complexity index is 308. The van der Waals surface area contributed by atoms with Crippen molar-refractivity contribution in [3.8, 4) is 0 Å². The summed E-state index contributed by atoms with van der Waals surface area (Å²) in [5.41, 5.74) is 0. The molecule has 3 nitrogen and oxygen atoms in total. The minimum absolute atomic E-state index is 0.194. The lowest BCUT2D eigenvalue weighted by Crippen LogP contribution is -2.15. The number of alkyl halides is 3. The van der Waals surface area contributed by atoms with Crippen LogP contribution in [0.15, 0.2) is 5.16 Å². The average Bonchev–Trinajstić information content (AvgIpc) is 2.47. The zero-order valence-electron chi connectivity index (χ0n) is 7.51. The number of nitrogens with zero attached hydrogens (tertiary/aromatic N) is 3. The van der Waals surface area contributed by atoms with Gasteiger partial charge in [-0.05, 0) is 6.42 Å². The van der Waals surface area contributed by atoms with Gasteiger partial charge in [0.05, 0.1) is 0 Å². The molecule has 1 radical (unpaired) electrons. The standard InChI is InChI=1S/C7H9F3N3S/c1-3-4-13-5(7(8,9)10)11-12-6(13)14-2/h2-4H2,1H3. The molecule has 79 valence electrons. The Balaban J connectivity index is 3.10. The smallest absolute Gasteiger partial charge is 0.298 e. The molecule has 0 saturated carbocycles. The SMILES string of the molecule is [CH2]Sc1nnc(C(F)(F)F)n1CCC. The highest BCUT2D eigenvalue weighted by molar-refractivity contribution is 8.00.